The molecule has 0 bridgehead atoms. The minimum atomic E-state index is -0.0826. The highest BCUT2D eigenvalue weighted by Gasteiger charge is 2.02. The molecule has 18 heavy (non-hydrogen) atoms. The topological polar surface area (TPSA) is 54.9 Å². The van der Waals surface area contributed by atoms with E-state index in [1.165, 1.54) is 6.33 Å². The van der Waals surface area contributed by atoms with E-state index in [4.69, 9.17) is 11.6 Å². The number of alkyl halides is 1. The van der Waals surface area contributed by atoms with Crippen LogP contribution in [0.2, 0.25) is 0 Å². The van der Waals surface area contributed by atoms with Gasteiger partial charge in [-0.15, -0.1) is 11.6 Å². The predicted octanol–water partition coefficient (Wildman–Crippen LogP) is 2.71. The molecule has 0 radical (unpaired) electrons. The SMILES string of the molecule is O=C(CCCl)Nc1ccc(-c2cncnc2)cc1. The van der Waals surface area contributed by atoms with Crippen LogP contribution in [0.4, 0.5) is 5.69 Å². The average molecular weight is 262 g/mol. The lowest BCUT2D eigenvalue weighted by Crippen LogP contribution is -2.11. The summed E-state index contributed by atoms with van der Waals surface area (Å²) in [5.74, 6) is 0.242. The molecule has 0 saturated heterocycles. The van der Waals surface area contributed by atoms with Crippen LogP contribution in [0.25, 0.3) is 11.1 Å². The van der Waals surface area contributed by atoms with Crippen LogP contribution >= 0.6 is 11.6 Å². The van der Waals surface area contributed by atoms with Crippen LogP contribution in [-0.2, 0) is 4.79 Å². The Bertz CT molecular complexity index is 514. The summed E-state index contributed by atoms with van der Waals surface area (Å²) in [6, 6.07) is 7.51. The van der Waals surface area contributed by atoms with Crippen molar-refractivity contribution < 1.29 is 4.79 Å². The molecule has 0 atom stereocenters. The molecule has 0 aliphatic heterocycles. The smallest absolute Gasteiger partial charge is 0.225 e. The average Bonchev–Trinajstić information content (AvgIpc) is 2.41. The summed E-state index contributed by atoms with van der Waals surface area (Å²) in [7, 11) is 0. The van der Waals surface area contributed by atoms with Crippen molar-refractivity contribution in [3.8, 4) is 11.1 Å². The molecular formula is C13H12ClN3O. The lowest BCUT2D eigenvalue weighted by molar-refractivity contribution is -0.115. The molecule has 1 heterocycles. The van der Waals surface area contributed by atoms with Crippen LogP contribution < -0.4 is 5.32 Å². The van der Waals surface area contributed by atoms with E-state index >= 15 is 0 Å². The molecule has 5 heteroatoms. The van der Waals surface area contributed by atoms with Crippen molar-refractivity contribution >= 4 is 23.2 Å². The van der Waals surface area contributed by atoms with Crippen LogP contribution in [0.15, 0.2) is 43.0 Å². The molecule has 1 aromatic carbocycles. The fourth-order valence-corrected chi connectivity index (χ4v) is 1.68. The highest BCUT2D eigenvalue weighted by atomic mass is 35.5. The van der Waals surface area contributed by atoms with Crippen molar-refractivity contribution in [3.05, 3.63) is 43.0 Å². The molecule has 1 amide bonds. The first-order chi connectivity index (χ1) is 8.79. The van der Waals surface area contributed by atoms with E-state index in [1.54, 1.807) is 12.4 Å². The van der Waals surface area contributed by atoms with E-state index in [0.29, 0.717) is 12.3 Å². The number of halogens is 1. The maximum Gasteiger partial charge on any atom is 0.225 e. The molecule has 1 N–H and O–H groups in total. The Morgan fingerprint density at radius 1 is 1.11 bits per heavy atom. The number of rotatable bonds is 4. The van der Waals surface area contributed by atoms with Gasteiger partial charge in [-0.3, -0.25) is 4.79 Å². The van der Waals surface area contributed by atoms with E-state index in [9.17, 15) is 4.79 Å². The van der Waals surface area contributed by atoms with E-state index in [2.05, 4.69) is 15.3 Å². The summed E-state index contributed by atoms with van der Waals surface area (Å²) >= 11 is 5.49. The van der Waals surface area contributed by atoms with Crippen LogP contribution in [0.1, 0.15) is 6.42 Å². The number of nitrogens with one attached hydrogen (secondary N) is 1. The third-order valence-electron chi connectivity index (χ3n) is 2.38. The first-order valence-electron chi connectivity index (χ1n) is 5.51. The van der Waals surface area contributed by atoms with Gasteiger partial charge in [0.2, 0.25) is 5.91 Å². The molecule has 0 unspecified atom stereocenters. The van der Waals surface area contributed by atoms with E-state index < -0.39 is 0 Å². The van der Waals surface area contributed by atoms with Crippen LogP contribution in [0, 0.1) is 0 Å². The number of hydrogen-bond donors (Lipinski definition) is 1. The molecule has 92 valence electrons. The molecular weight excluding hydrogens is 250 g/mol. The molecule has 0 fully saturated rings. The van der Waals surface area contributed by atoms with Crippen molar-refractivity contribution in [1.82, 2.24) is 9.97 Å². The normalized spacial score (nSPS) is 10.1. The molecule has 2 rings (SSSR count). The fourth-order valence-electron chi connectivity index (χ4n) is 1.50. The van der Waals surface area contributed by atoms with Gasteiger partial charge < -0.3 is 5.32 Å². The molecule has 0 spiro atoms. The van der Waals surface area contributed by atoms with Crippen molar-refractivity contribution in [2.45, 2.75) is 6.42 Å². The Balaban J connectivity index is 2.09. The number of carbonyl (C=O) groups is 1. The summed E-state index contributed by atoms with van der Waals surface area (Å²) in [5.41, 5.74) is 2.70. The largest absolute Gasteiger partial charge is 0.326 e. The first kappa shape index (κ1) is 12.5. The van der Waals surface area contributed by atoms with Gasteiger partial charge in [0.15, 0.2) is 0 Å². The summed E-state index contributed by atoms with van der Waals surface area (Å²) in [6.07, 6.45) is 5.29. The van der Waals surface area contributed by atoms with Crippen molar-refractivity contribution in [2.24, 2.45) is 0 Å². The molecule has 0 aliphatic carbocycles. The maximum atomic E-state index is 11.4. The van der Waals surface area contributed by atoms with Crippen LogP contribution in [0.5, 0.6) is 0 Å². The lowest BCUT2D eigenvalue weighted by Gasteiger charge is -2.05. The Hall–Kier alpha value is -1.94. The van der Waals surface area contributed by atoms with Crippen LogP contribution in [-0.4, -0.2) is 21.8 Å². The summed E-state index contributed by atoms with van der Waals surface area (Å²) in [5, 5.41) is 2.77. The first-order valence-corrected chi connectivity index (χ1v) is 6.04. The molecule has 0 aliphatic rings. The molecule has 4 nitrogen and oxygen atoms in total. The highest BCUT2D eigenvalue weighted by Crippen LogP contribution is 2.19. The van der Waals surface area contributed by atoms with Gasteiger partial charge in [-0.2, -0.15) is 0 Å². The summed E-state index contributed by atoms with van der Waals surface area (Å²) < 4.78 is 0. The van der Waals surface area contributed by atoms with Gasteiger partial charge in [0.1, 0.15) is 6.33 Å². The quantitative estimate of drug-likeness (QED) is 0.861. The Kier molecular flexibility index (Phi) is 4.25. The monoisotopic (exact) mass is 261 g/mol. The molecule has 0 saturated carbocycles. The summed E-state index contributed by atoms with van der Waals surface area (Å²) in [6.45, 7) is 0. The number of benzene rings is 1. The number of aromatic nitrogens is 2. The standard InChI is InChI=1S/C13H12ClN3O/c14-6-5-13(18)17-12-3-1-10(2-4-12)11-7-15-9-16-8-11/h1-4,7-9H,5-6H2,(H,17,18). The van der Waals surface area contributed by atoms with E-state index in [0.717, 1.165) is 16.8 Å². The second-order valence-corrected chi connectivity index (χ2v) is 4.07. The van der Waals surface area contributed by atoms with Gasteiger partial charge in [-0.1, -0.05) is 12.1 Å². The number of anilines is 1. The van der Waals surface area contributed by atoms with Gasteiger partial charge in [-0.25, -0.2) is 9.97 Å². The Labute approximate surface area is 110 Å². The molecule has 1 aromatic heterocycles. The third-order valence-corrected chi connectivity index (χ3v) is 2.57. The van der Waals surface area contributed by atoms with Crippen molar-refractivity contribution in [3.63, 3.8) is 0 Å². The van der Waals surface area contributed by atoms with Gasteiger partial charge >= 0.3 is 0 Å². The van der Waals surface area contributed by atoms with Gasteiger partial charge in [0, 0.05) is 35.9 Å². The second kappa shape index (κ2) is 6.12. The molecule has 2 aromatic rings. The Morgan fingerprint density at radius 2 is 1.78 bits per heavy atom. The minimum Gasteiger partial charge on any atom is -0.326 e. The number of amides is 1. The van der Waals surface area contributed by atoms with Crippen LogP contribution in [0.3, 0.4) is 0 Å². The van der Waals surface area contributed by atoms with Gasteiger partial charge in [0.05, 0.1) is 0 Å². The zero-order valence-corrected chi connectivity index (χ0v) is 10.4. The maximum absolute atomic E-state index is 11.4. The van der Waals surface area contributed by atoms with E-state index in [-0.39, 0.29) is 5.91 Å². The highest BCUT2D eigenvalue weighted by molar-refractivity contribution is 6.19. The lowest BCUT2D eigenvalue weighted by atomic mass is 10.1. The Morgan fingerprint density at radius 3 is 2.39 bits per heavy atom. The van der Waals surface area contributed by atoms with E-state index in [1.807, 2.05) is 24.3 Å². The predicted molar refractivity (Wildman–Crippen MR) is 71.4 cm³/mol. The zero-order valence-electron chi connectivity index (χ0n) is 9.64. The third kappa shape index (κ3) is 3.28. The van der Waals surface area contributed by atoms with Gasteiger partial charge in [-0.05, 0) is 17.7 Å². The number of carbonyl (C=O) groups excluding carboxylic acids is 1. The number of nitrogens with zero attached hydrogens (tertiary/aromatic N) is 2. The van der Waals surface area contributed by atoms with Crippen molar-refractivity contribution in [1.29, 1.82) is 0 Å². The minimum absolute atomic E-state index is 0.0826. The zero-order chi connectivity index (χ0) is 12.8. The second-order valence-electron chi connectivity index (χ2n) is 3.69. The number of hydrogen-bond acceptors (Lipinski definition) is 3. The fraction of sp³-hybridized carbons (Fsp3) is 0.154. The van der Waals surface area contributed by atoms with Gasteiger partial charge in [0.25, 0.3) is 0 Å². The van der Waals surface area contributed by atoms with Crippen molar-refractivity contribution in [2.75, 3.05) is 11.2 Å². The summed E-state index contributed by atoms with van der Waals surface area (Å²) in [4.78, 5) is 19.3.